The molecule has 1 aliphatic heterocycles. The van der Waals surface area contributed by atoms with Crippen LogP contribution in [0.4, 0.5) is 5.69 Å². The molecule has 0 spiro atoms. The summed E-state index contributed by atoms with van der Waals surface area (Å²) in [7, 11) is 1.56. The molecule has 0 bridgehead atoms. The Balaban J connectivity index is 1.67. The summed E-state index contributed by atoms with van der Waals surface area (Å²) in [5.41, 5.74) is 3.81. The lowest BCUT2D eigenvalue weighted by molar-refractivity contribution is -0.132. The lowest BCUT2D eigenvalue weighted by Crippen LogP contribution is -2.43. The van der Waals surface area contributed by atoms with Gasteiger partial charge in [-0.25, -0.2) is 0 Å². The number of hydrogen-bond acceptors (Lipinski definition) is 5. The molecule has 7 heteroatoms. The van der Waals surface area contributed by atoms with E-state index in [0.717, 1.165) is 16.8 Å². The molecule has 2 aromatic rings. The van der Waals surface area contributed by atoms with E-state index in [9.17, 15) is 9.59 Å². The second-order valence-electron chi connectivity index (χ2n) is 7.46. The Morgan fingerprint density at radius 1 is 1.19 bits per heavy atom. The van der Waals surface area contributed by atoms with Gasteiger partial charge in [-0.15, -0.1) is 11.8 Å². The second-order valence-corrected chi connectivity index (χ2v) is 8.46. The maximum absolute atomic E-state index is 12.8. The molecule has 1 N–H and O–H groups in total. The molecule has 0 saturated carbocycles. The van der Waals surface area contributed by atoms with Gasteiger partial charge < -0.3 is 19.7 Å². The maximum atomic E-state index is 12.8. The van der Waals surface area contributed by atoms with Gasteiger partial charge in [-0.1, -0.05) is 24.8 Å². The van der Waals surface area contributed by atoms with Gasteiger partial charge in [0.25, 0.3) is 0 Å². The van der Waals surface area contributed by atoms with E-state index in [1.807, 2.05) is 38.1 Å². The van der Waals surface area contributed by atoms with Crippen LogP contribution >= 0.6 is 11.8 Å². The average Bonchev–Trinajstić information content (AvgIpc) is 3.29. The van der Waals surface area contributed by atoms with E-state index in [1.54, 1.807) is 48.1 Å². The molecule has 1 fully saturated rings. The molecule has 1 unspecified atom stereocenters. The molecule has 2 amide bonds. The van der Waals surface area contributed by atoms with Crippen molar-refractivity contribution in [1.82, 2.24) is 4.90 Å². The summed E-state index contributed by atoms with van der Waals surface area (Å²) in [5, 5.41) is 2.94. The number of ether oxygens (including phenoxy) is 2. The molecular weight excluding hydrogens is 424 g/mol. The van der Waals surface area contributed by atoms with Crippen molar-refractivity contribution in [2.75, 3.05) is 30.7 Å². The molecule has 1 saturated heterocycles. The number of amides is 2. The number of methoxy groups -OCH3 is 1. The summed E-state index contributed by atoms with van der Waals surface area (Å²) in [4.78, 5) is 27.2. The first-order valence-corrected chi connectivity index (χ1v) is 11.4. The van der Waals surface area contributed by atoms with E-state index < -0.39 is 6.04 Å². The van der Waals surface area contributed by atoms with Crippen LogP contribution in [0.1, 0.15) is 16.7 Å². The largest absolute Gasteiger partial charge is 0.493 e. The molecule has 0 radical (unpaired) electrons. The summed E-state index contributed by atoms with van der Waals surface area (Å²) < 4.78 is 10.9. The average molecular weight is 453 g/mol. The minimum absolute atomic E-state index is 0.176. The van der Waals surface area contributed by atoms with Crippen LogP contribution < -0.4 is 14.8 Å². The summed E-state index contributed by atoms with van der Waals surface area (Å²) >= 11 is 1.57. The number of carbonyl (C=O) groups excluding carboxylic acids is 2. The zero-order valence-corrected chi connectivity index (χ0v) is 19.4. The number of nitrogens with one attached hydrogen (secondary N) is 1. The van der Waals surface area contributed by atoms with E-state index in [-0.39, 0.29) is 11.8 Å². The van der Waals surface area contributed by atoms with E-state index in [4.69, 9.17) is 9.47 Å². The van der Waals surface area contributed by atoms with Crippen LogP contribution in [0.15, 0.2) is 55.1 Å². The Labute approximate surface area is 193 Å². The standard InChI is InChI=1S/C25H28N2O4S/c1-5-12-31-22-10-7-19(14-23(22)30-4)8-11-24(28)27-16-32-15-21(27)25(29)26-20-9-6-17(2)18(3)13-20/h5-11,13-14,21H,1,12,15-16H2,2-4H3,(H,26,29)/b11-8+. The first-order chi connectivity index (χ1) is 15.4. The predicted octanol–water partition coefficient (Wildman–Crippen LogP) is 4.43. The van der Waals surface area contributed by atoms with E-state index in [2.05, 4.69) is 11.9 Å². The Kier molecular flexibility index (Phi) is 8.00. The van der Waals surface area contributed by atoms with Crippen molar-refractivity contribution >= 4 is 35.3 Å². The molecule has 1 heterocycles. The van der Waals surface area contributed by atoms with E-state index >= 15 is 0 Å². The molecule has 3 rings (SSSR count). The highest BCUT2D eigenvalue weighted by atomic mass is 32.2. The van der Waals surface area contributed by atoms with Crippen molar-refractivity contribution in [3.63, 3.8) is 0 Å². The van der Waals surface area contributed by atoms with Crippen LogP contribution in [0.5, 0.6) is 11.5 Å². The van der Waals surface area contributed by atoms with Crippen molar-refractivity contribution in [2.45, 2.75) is 19.9 Å². The zero-order valence-electron chi connectivity index (χ0n) is 18.6. The van der Waals surface area contributed by atoms with Crippen molar-refractivity contribution in [3.05, 3.63) is 71.8 Å². The minimum Gasteiger partial charge on any atom is -0.493 e. The summed E-state index contributed by atoms with van der Waals surface area (Å²) in [6.07, 6.45) is 4.86. The predicted molar refractivity (Wildman–Crippen MR) is 130 cm³/mol. The van der Waals surface area contributed by atoms with Gasteiger partial charge >= 0.3 is 0 Å². The maximum Gasteiger partial charge on any atom is 0.248 e. The van der Waals surface area contributed by atoms with Crippen molar-refractivity contribution in [3.8, 4) is 11.5 Å². The van der Waals surface area contributed by atoms with Crippen LogP contribution in [0.2, 0.25) is 0 Å². The lowest BCUT2D eigenvalue weighted by atomic mass is 10.1. The van der Waals surface area contributed by atoms with Crippen LogP contribution in [0.25, 0.3) is 6.08 Å². The smallest absolute Gasteiger partial charge is 0.248 e. The summed E-state index contributed by atoms with van der Waals surface area (Å²) in [6, 6.07) is 10.7. The summed E-state index contributed by atoms with van der Waals surface area (Å²) in [6.45, 7) is 8.04. The monoisotopic (exact) mass is 452 g/mol. The highest BCUT2D eigenvalue weighted by molar-refractivity contribution is 7.99. The molecule has 168 valence electrons. The Morgan fingerprint density at radius 2 is 2.00 bits per heavy atom. The number of nitrogens with zero attached hydrogens (tertiary/aromatic N) is 1. The fourth-order valence-electron chi connectivity index (χ4n) is 3.24. The number of thioether (sulfide) groups is 1. The third kappa shape index (κ3) is 5.73. The molecule has 6 nitrogen and oxygen atoms in total. The number of carbonyl (C=O) groups is 2. The van der Waals surface area contributed by atoms with Gasteiger partial charge in [0, 0.05) is 17.5 Å². The third-order valence-electron chi connectivity index (χ3n) is 5.21. The van der Waals surface area contributed by atoms with Crippen molar-refractivity contribution in [2.24, 2.45) is 0 Å². The van der Waals surface area contributed by atoms with Gasteiger partial charge in [0.2, 0.25) is 11.8 Å². The topological polar surface area (TPSA) is 67.9 Å². The van der Waals surface area contributed by atoms with Gasteiger partial charge in [0.15, 0.2) is 11.5 Å². The number of rotatable bonds is 8. The van der Waals surface area contributed by atoms with Crippen LogP contribution in [-0.4, -0.2) is 48.1 Å². The lowest BCUT2D eigenvalue weighted by Gasteiger charge is -2.22. The number of hydrogen-bond donors (Lipinski definition) is 1. The third-order valence-corrected chi connectivity index (χ3v) is 6.22. The second kappa shape index (κ2) is 10.9. The van der Waals surface area contributed by atoms with Crippen LogP contribution in [0.3, 0.4) is 0 Å². The van der Waals surface area contributed by atoms with Gasteiger partial charge in [0.1, 0.15) is 12.6 Å². The van der Waals surface area contributed by atoms with E-state index in [1.165, 1.54) is 11.6 Å². The minimum atomic E-state index is -0.511. The van der Waals surface area contributed by atoms with Gasteiger partial charge in [-0.3, -0.25) is 9.59 Å². The number of aryl methyl sites for hydroxylation is 2. The van der Waals surface area contributed by atoms with Gasteiger partial charge in [0.05, 0.1) is 13.0 Å². The summed E-state index contributed by atoms with van der Waals surface area (Å²) in [5.74, 6) is 1.84. The first kappa shape index (κ1) is 23.5. The van der Waals surface area contributed by atoms with E-state index in [0.29, 0.717) is 29.7 Å². The number of benzene rings is 2. The fraction of sp³-hybridized carbons (Fsp3) is 0.280. The zero-order chi connectivity index (χ0) is 23.1. The SMILES string of the molecule is C=CCOc1ccc(/C=C/C(=O)N2CSCC2C(=O)Nc2ccc(C)c(C)c2)cc1OC. The highest BCUT2D eigenvalue weighted by Crippen LogP contribution is 2.29. The van der Waals surface area contributed by atoms with Crippen LogP contribution in [0, 0.1) is 13.8 Å². The Bertz CT molecular complexity index is 1030. The quantitative estimate of drug-likeness (QED) is 0.474. The van der Waals surface area contributed by atoms with Gasteiger partial charge in [-0.05, 0) is 60.9 Å². The normalized spacial score (nSPS) is 15.6. The number of anilines is 1. The molecule has 2 aromatic carbocycles. The highest BCUT2D eigenvalue weighted by Gasteiger charge is 2.33. The molecule has 1 aliphatic rings. The molecule has 0 aliphatic carbocycles. The fourth-order valence-corrected chi connectivity index (χ4v) is 4.40. The molecule has 1 atom stereocenters. The molecule has 0 aromatic heterocycles. The molecular formula is C25H28N2O4S. The molecule has 32 heavy (non-hydrogen) atoms. The van der Waals surface area contributed by atoms with Crippen molar-refractivity contribution < 1.29 is 19.1 Å². The van der Waals surface area contributed by atoms with Crippen molar-refractivity contribution in [1.29, 1.82) is 0 Å². The van der Waals surface area contributed by atoms with Crippen LogP contribution in [-0.2, 0) is 9.59 Å². The Hall–Kier alpha value is -3.19. The van der Waals surface area contributed by atoms with Gasteiger partial charge in [-0.2, -0.15) is 0 Å². The first-order valence-electron chi connectivity index (χ1n) is 10.3. The Morgan fingerprint density at radius 3 is 2.72 bits per heavy atom.